The molecule has 20 heavy (non-hydrogen) atoms. The van der Waals surface area contributed by atoms with E-state index < -0.39 is 11.0 Å². The Morgan fingerprint density at radius 2 is 2.25 bits per heavy atom. The van der Waals surface area contributed by atoms with Gasteiger partial charge in [-0.3, -0.25) is 0 Å². The smallest absolute Gasteiger partial charge is 0.162 e. The standard InChI is InChI=1S/C12H13Cl2N5O/c13-11-8(2-1-5-15-11)10(12(14)3-4-12)9(20)6-19-17-7-16-18-19/h1-2,5,7,9-10,20H,3-4,6H2. The molecule has 0 aromatic carbocycles. The zero-order valence-corrected chi connectivity index (χ0v) is 12.0. The van der Waals surface area contributed by atoms with Crippen molar-refractivity contribution < 1.29 is 5.11 Å². The van der Waals surface area contributed by atoms with Gasteiger partial charge >= 0.3 is 0 Å². The lowest BCUT2D eigenvalue weighted by atomic mass is 9.89. The predicted molar refractivity (Wildman–Crippen MR) is 73.6 cm³/mol. The SMILES string of the molecule is OC(Cn1ncnn1)C(c1cccnc1Cl)C1(Cl)CC1. The van der Waals surface area contributed by atoms with Crippen LogP contribution in [0.3, 0.4) is 0 Å². The van der Waals surface area contributed by atoms with Crippen LogP contribution in [0.1, 0.15) is 24.3 Å². The van der Waals surface area contributed by atoms with Crippen LogP contribution in [-0.2, 0) is 6.54 Å². The van der Waals surface area contributed by atoms with Gasteiger partial charge in [-0.1, -0.05) is 17.7 Å². The van der Waals surface area contributed by atoms with Crippen LogP contribution >= 0.6 is 23.2 Å². The number of rotatable bonds is 5. The molecule has 8 heteroatoms. The van der Waals surface area contributed by atoms with Gasteiger partial charge in [-0.2, -0.15) is 4.80 Å². The van der Waals surface area contributed by atoms with Crippen LogP contribution < -0.4 is 0 Å². The third-order valence-electron chi connectivity index (χ3n) is 3.53. The maximum absolute atomic E-state index is 10.5. The van der Waals surface area contributed by atoms with E-state index in [2.05, 4.69) is 20.4 Å². The molecule has 0 saturated heterocycles. The largest absolute Gasteiger partial charge is 0.390 e. The van der Waals surface area contributed by atoms with Gasteiger partial charge in [0.1, 0.15) is 5.15 Å². The summed E-state index contributed by atoms with van der Waals surface area (Å²) in [5, 5.41) is 22.2. The molecule has 1 fully saturated rings. The number of aromatic nitrogens is 5. The van der Waals surface area contributed by atoms with Crippen molar-refractivity contribution in [2.24, 2.45) is 0 Å². The first kappa shape index (κ1) is 13.7. The fourth-order valence-electron chi connectivity index (χ4n) is 2.44. The molecule has 6 nitrogen and oxygen atoms in total. The van der Waals surface area contributed by atoms with E-state index in [1.165, 1.54) is 11.1 Å². The van der Waals surface area contributed by atoms with Gasteiger partial charge in [-0.15, -0.1) is 21.8 Å². The average molecular weight is 314 g/mol. The number of pyridine rings is 1. The van der Waals surface area contributed by atoms with Crippen molar-refractivity contribution in [1.29, 1.82) is 0 Å². The zero-order valence-electron chi connectivity index (χ0n) is 10.5. The first-order chi connectivity index (χ1) is 9.60. The van der Waals surface area contributed by atoms with Crippen LogP contribution in [0.5, 0.6) is 0 Å². The maximum Gasteiger partial charge on any atom is 0.162 e. The monoisotopic (exact) mass is 313 g/mol. The first-order valence-corrected chi connectivity index (χ1v) is 7.04. The van der Waals surface area contributed by atoms with E-state index in [0.29, 0.717) is 5.15 Å². The molecule has 106 valence electrons. The summed E-state index contributed by atoms with van der Waals surface area (Å²) in [7, 11) is 0. The van der Waals surface area contributed by atoms with Crippen LogP contribution in [0.2, 0.25) is 5.15 Å². The molecule has 1 N–H and O–H groups in total. The number of hydrogen-bond acceptors (Lipinski definition) is 5. The van der Waals surface area contributed by atoms with Crippen molar-refractivity contribution in [2.45, 2.75) is 36.3 Å². The number of halogens is 2. The van der Waals surface area contributed by atoms with Crippen LogP contribution in [0.25, 0.3) is 0 Å². The summed E-state index contributed by atoms with van der Waals surface area (Å²) in [5.74, 6) is -0.309. The normalized spacial score (nSPS) is 19.6. The van der Waals surface area contributed by atoms with Crippen LogP contribution in [0, 0.1) is 0 Å². The fourth-order valence-corrected chi connectivity index (χ4v) is 3.03. The van der Waals surface area contributed by atoms with Gasteiger partial charge in [0.2, 0.25) is 0 Å². The van der Waals surface area contributed by atoms with E-state index in [0.717, 1.165) is 18.4 Å². The zero-order chi connectivity index (χ0) is 14.2. The third-order valence-corrected chi connectivity index (χ3v) is 4.46. The van der Waals surface area contributed by atoms with E-state index in [1.807, 2.05) is 6.07 Å². The number of aliphatic hydroxyl groups excluding tert-OH is 1. The Kier molecular flexibility index (Phi) is 3.62. The highest BCUT2D eigenvalue weighted by Gasteiger charge is 2.52. The molecule has 0 spiro atoms. The molecular weight excluding hydrogens is 301 g/mol. The molecule has 1 saturated carbocycles. The summed E-state index contributed by atoms with van der Waals surface area (Å²) >= 11 is 12.7. The molecule has 3 rings (SSSR count). The Bertz CT molecular complexity index is 587. The Labute approximate surface area is 125 Å². The van der Waals surface area contributed by atoms with Gasteiger partial charge in [-0.05, 0) is 29.7 Å². The van der Waals surface area contributed by atoms with Crippen molar-refractivity contribution in [3.63, 3.8) is 0 Å². The lowest BCUT2D eigenvalue weighted by Crippen LogP contribution is -2.32. The van der Waals surface area contributed by atoms with Crippen LogP contribution in [-0.4, -0.2) is 41.3 Å². The van der Waals surface area contributed by atoms with Crippen molar-refractivity contribution in [1.82, 2.24) is 25.2 Å². The summed E-state index contributed by atoms with van der Waals surface area (Å²) in [4.78, 5) is 4.94. The molecule has 2 atom stereocenters. The molecule has 0 amide bonds. The molecule has 2 aromatic rings. The Morgan fingerprint density at radius 1 is 1.45 bits per heavy atom. The molecule has 2 heterocycles. The van der Waals surface area contributed by atoms with E-state index in [-0.39, 0.29) is 12.5 Å². The summed E-state index contributed by atoms with van der Waals surface area (Å²) in [5.41, 5.74) is 0.759. The maximum atomic E-state index is 10.5. The van der Waals surface area contributed by atoms with Crippen LogP contribution in [0.15, 0.2) is 24.7 Å². The lowest BCUT2D eigenvalue weighted by Gasteiger charge is -2.27. The highest BCUT2D eigenvalue weighted by molar-refractivity contribution is 6.31. The van der Waals surface area contributed by atoms with Crippen molar-refractivity contribution in [2.75, 3.05) is 0 Å². The number of nitrogens with zero attached hydrogens (tertiary/aromatic N) is 5. The Morgan fingerprint density at radius 3 is 2.85 bits per heavy atom. The minimum absolute atomic E-state index is 0.213. The van der Waals surface area contributed by atoms with Gasteiger partial charge in [0.25, 0.3) is 0 Å². The van der Waals surface area contributed by atoms with E-state index in [4.69, 9.17) is 23.2 Å². The molecule has 0 bridgehead atoms. The molecule has 0 aliphatic heterocycles. The molecule has 0 radical (unpaired) electrons. The number of tetrazole rings is 1. The number of aliphatic hydroxyl groups is 1. The highest BCUT2D eigenvalue weighted by atomic mass is 35.5. The second-order valence-corrected chi connectivity index (χ2v) is 6.06. The first-order valence-electron chi connectivity index (χ1n) is 6.28. The van der Waals surface area contributed by atoms with Gasteiger partial charge in [0.05, 0.1) is 17.5 Å². The quantitative estimate of drug-likeness (QED) is 0.670. The minimum atomic E-state index is -0.758. The summed E-state index contributed by atoms with van der Waals surface area (Å²) in [6.07, 6.45) is 3.86. The third kappa shape index (κ3) is 2.63. The average Bonchev–Trinajstić information content (AvgIpc) is 2.95. The van der Waals surface area contributed by atoms with Crippen molar-refractivity contribution in [3.8, 4) is 0 Å². The molecule has 1 aliphatic carbocycles. The van der Waals surface area contributed by atoms with Gasteiger partial charge in [0.15, 0.2) is 6.33 Å². The van der Waals surface area contributed by atoms with Crippen LogP contribution in [0.4, 0.5) is 0 Å². The number of hydrogen-bond donors (Lipinski definition) is 1. The summed E-state index contributed by atoms with van der Waals surface area (Å²) in [6.45, 7) is 0.213. The fraction of sp³-hybridized carbons (Fsp3) is 0.500. The molecule has 2 unspecified atom stereocenters. The molecule has 1 aliphatic rings. The van der Waals surface area contributed by atoms with E-state index in [9.17, 15) is 5.11 Å². The second-order valence-electron chi connectivity index (χ2n) is 4.95. The van der Waals surface area contributed by atoms with Crippen molar-refractivity contribution >= 4 is 23.2 Å². The Balaban J connectivity index is 1.89. The van der Waals surface area contributed by atoms with Gasteiger partial charge in [0, 0.05) is 12.1 Å². The van der Waals surface area contributed by atoms with Crippen molar-refractivity contribution in [3.05, 3.63) is 35.4 Å². The van der Waals surface area contributed by atoms with E-state index in [1.54, 1.807) is 12.3 Å². The van der Waals surface area contributed by atoms with E-state index >= 15 is 0 Å². The van der Waals surface area contributed by atoms with Gasteiger partial charge in [-0.25, -0.2) is 4.98 Å². The number of alkyl halides is 1. The summed E-state index contributed by atoms with van der Waals surface area (Å²) in [6, 6.07) is 3.64. The minimum Gasteiger partial charge on any atom is -0.390 e. The predicted octanol–water partition coefficient (Wildman–Crippen LogP) is 1.64. The topological polar surface area (TPSA) is 76.7 Å². The molecule has 2 aromatic heterocycles. The summed E-state index contributed by atoms with van der Waals surface area (Å²) < 4.78 is 0. The van der Waals surface area contributed by atoms with Gasteiger partial charge < -0.3 is 5.11 Å². The second kappa shape index (κ2) is 5.27. The lowest BCUT2D eigenvalue weighted by molar-refractivity contribution is 0.108. The Hall–Kier alpha value is -1.24. The highest BCUT2D eigenvalue weighted by Crippen LogP contribution is 2.55. The molecular formula is C12H13Cl2N5O.